The summed E-state index contributed by atoms with van der Waals surface area (Å²) in [6.07, 6.45) is 4.45. The molecule has 0 aliphatic heterocycles. The van der Waals surface area contributed by atoms with Gasteiger partial charge in [-0.15, -0.1) is 0 Å². The molecule has 1 amide bonds. The van der Waals surface area contributed by atoms with Crippen LogP contribution in [0.15, 0.2) is 12.3 Å². The summed E-state index contributed by atoms with van der Waals surface area (Å²) in [5, 5.41) is 5.72. The van der Waals surface area contributed by atoms with E-state index in [2.05, 4.69) is 22.0 Å². The van der Waals surface area contributed by atoms with E-state index in [1.807, 2.05) is 20.0 Å². The molecule has 3 rings (SSSR count). The maximum Gasteiger partial charge on any atom is 0.350 e. The van der Waals surface area contributed by atoms with E-state index in [-0.39, 0.29) is 5.91 Å². The molecule has 3 heterocycles. The van der Waals surface area contributed by atoms with E-state index < -0.39 is 5.97 Å². The van der Waals surface area contributed by atoms with Crippen molar-refractivity contribution in [3.8, 4) is 0 Å². The molecule has 0 aliphatic rings. The lowest BCUT2D eigenvalue weighted by molar-refractivity contribution is 0.0531. The van der Waals surface area contributed by atoms with Gasteiger partial charge >= 0.3 is 5.97 Å². The van der Waals surface area contributed by atoms with E-state index in [0.717, 1.165) is 36.0 Å². The first kappa shape index (κ1) is 21.9. The Balaban J connectivity index is 1.97. The average molecular weight is 430 g/mol. The summed E-state index contributed by atoms with van der Waals surface area (Å²) < 4.78 is 6.82. The molecular formula is C21H27N5O3S. The van der Waals surface area contributed by atoms with Crippen molar-refractivity contribution in [3.63, 3.8) is 0 Å². The molecule has 3 aromatic rings. The van der Waals surface area contributed by atoms with Gasteiger partial charge < -0.3 is 4.74 Å². The Labute approximate surface area is 179 Å². The minimum Gasteiger partial charge on any atom is -0.462 e. The summed E-state index contributed by atoms with van der Waals surface area (Å²) in [6, 6.07) is 1.83. The summed E-state index contributed by atoms with van der Waals surface area (Å²) in [7, 11) is 1.83. The molecule has 0 spiro atoms. The first-order valence-electron chi connectivity index (χ1n) is 10.1. The quantitative estimate of drug-likeness (QED) is 0.396. The number of esters is 1. The summed E-state index contributed by atoms with van der Waals surface area (Å²) in [6.45, 7) is 8.34. The Morgan fingerprint density at radius 3 is 2.67 bits per heavy atom. The summed E-state index contributed by atoms with van der Waals surface area (Å²) in [5.41, 5.74) is 2.59. The number of ether oxygens (including phenoxy) is 1. The predicted molar refractivity (Wildman–Crippen MR) is 117 cm³/mol. The topological polar surface area (TPSA) is 90.2 Å². The van der Waals surface area contributed by atoms with Crippen LogP contribution in [0.2, 0.25) is 0 Å². The molecule has 8 nitrogen and oxygen atoms in total. The number of rotatable bonds is 8. The number of unbranched alkanes of at least 4 members (excludes halogenated alkanes) is 2. The second-order valence-electron chi connectivity index (χ2n) is 7.10. The standard InChI is InChI=1S/C21H27N5O3S/c1-6-8-9-10-26(21-23-14(4)17(30-21)20(28)29-7-2)19(27)15-11-16-13(3)24-25(5)18(16)22-12-15/h11-12H,6-10H2,1-5H3. The van der Waals surface area contributed by atoms with E-state index in [1.165, 1.54) is 11.3 Å². The van der Waals surface area contributed by atoms with Crippen LogP contribution in [-0.4, -0.2) is 44.8 Å². The molecule has 0 aliphatic carbocycles. The lowest BCUT2D eigenvalue weighted by atomic mass is 10.1. The van der Waals surface area contributed by atoms with Crippen molar-refractivity contribution in [2.75, 3.05) is 18.1 Å². The average Bonchev–Trinajstić information content (AvgIpc) is 3.24. The summed E-state index contributed by atoms with van der Waals surface area (Å²) >= 11 is 1.19. The van der Waals surface area contributed by atoms with Crippen LogP contribution in [0.1, 0.15) is 64.5 Å². The molecule has 3 aromatic heterocycles. The third-order valence-corrected chi connectivity index (χ3v) is 5.98. The molecule has 160 valence electrons. The monoisotopic (exact) mass is 429 g/mol. The molecule has 0 fully saturated rings. The van der Waals surface area contributed by atoms with Gasteiger partial charge in [0.25, 0.3) is 5.91 Å². The number of thiazole rings is 1. The Kier molecular flexibility index (Phi) is 6.81. The van der Waals surface area contributed by atoms with E-state index in [0.29, 0.717) is 34.4 Å². The molecule has 9 heteroatoms. The fraction of sp³-hybridized carbons (Fsp3) is 0.476. The van der Waals surface area contributed by atoms with Gasteiger partial charge in [-0.25, -0.2) is 14.8 Å². The highest BCUT2D eigenvalue weighted by atomic mass is 32.1. The van der Waals surface area contributed by atoms with E-state index in [1.54, 1.807) is 29.6 Å². The second kappa shape index (κ2) is 9.34. The van der Waals surface area contributed by atoms with E-state index in [4.69, 9.17) is 4.74 Å². The zero-order valence-electron chi connectivity index (χ0n) is 18.1. The zero-order chi connectivity index (χ0) is 21.8. The molecule has 0 N–H and O–H groups in total. The van der Waals surface area contributed by atoms with Crippen LogP contribution >= 0.6 is 11.3 Å². The molecular weight excluding hydrogens is 402 g/mol. The number of amides is 1. The molecule has 0 radical (unpaired) electrons. The molecule has 0 unspecified atom stereocenters. The maximum atomic E-state index is 13.4. The SMILES string of the molecule is CCCCCN(C(=O)c1cnc2c(c1)c(C)nn2C)c1nc(C)c(C(=O)OCC)s1. The first-order chi connectivity index (χ1) is 14.4. The third kappa shape index (κ3) is 4.35. The highest BCUT2D eigenvalue weighted by Gasteiger charge is 2.25. The van der Waals surface area contributed by atoms with Crippen molar-refractivity contribution in [1.29, 1.82) is 0 Å². The lowest BCUT2D eigenvalue weighted by Gasteiger charge is -2.20. The van der Waals surface area contributed by atoms with Gasteiger partial charge in [0.05, 0.1) is 23.6 Å². The van der Waals surface area contributed by atoms with Crippen LogP contribution in [0.3, 0.4) is 0 Å². The largest absolute Gasteiger partial charge is 0.462 e. The van der Waals surface area contributed by atoms with Gasteiger partial charge in [0.2, 0.25) is 0 Å². The van der Waals surface area contributed by atoms with Gasteiger partial charge in [-0.1, -0.05) is 31.1 Å². The molecule has 0 saturated carbocycles. The van der Waals surface area contributed by atoms with Gasteiger partial charge in [-0.2, -0.15) is 5.10 Å². The number of carbonyl (C=O) groups excluding carboxylic acids is 2. The minimum atomic E-state index is -0.409. The van der Waals surface area contributed by atoms with Crippen LogP contribution in [-0.2, 0) is 11.8 Å². The number of nitrogens with zero attached hydrogens (tertiary/aromatic N) is 5. The Morgan fingerprint density at radius 1 is 1.20 bits per heavy atom. The zero-order valence-corrected chi connectivity index (χ0v) is 18.9. The highest BCUT2D eigenvalue weighted by molar-refractivity contribution is 7.17. The molecule has 0 atom stereocenters. The molecule has 0 saturated heterocycles. The number of anilines is 1. The molecule has 0 bridgehead atoms. The first-order valence-corrected chi connectivity index (χ1v) is 10.9. The minimum absolute atomic E-state index is 0.187. The van der Waals surface area contributed by atoms with Gasteiger partial charge in [0.1, 0.15) is 4.88 Å². The van der Waals surface area contributed by atoms with Crippen molar-refractivity contribution in [3.05, 3.63) is 34.1 Å². The van der Waals surface area contributed by atoms with Gasteiger partial charge in [0.15, 0.2) is 10.8 Å². The third-order valence-electron chi connectivity index (χ3n) is 4.82. The number of fused-ring (bicyclic) bond motifs is 1. The van der Waals surface area contributed by atoms with Gasteiger partial charge in [-0.3, -0.25) is 14.4 Å². The summed E-state index contributed by atoms with van der Waals surface area (Å²) in [4.78, 5) is 36.7. The smallest absolute Gasteiger partial charge is 0.350 e. The van der Waals surface area contributed by atoms with Gasteiger partial charge in [-0.05, 0) is 33.3 Å². The number of aryl methyl sites for hydroxylation is 3. The lowest BCUT2D eigenvalue weighted by Crippen LogP contribution is -2.32. The number of aromatic nitrogens is 4. The van der Waals surface area contributed by atoms with Crippen LogP contribution in [0.5, 0.6) is 0 Å². The molecule has 30 heavy (non-hydrogen) atoms. The van der Waals surface area contributed by atoms with E-state index in [9.17, 15) is 9.59 Å². The fourth-order valence-corrected chi connectivity index (χ4v) is 4.25. The maximum absolute atomic E-state index is 13.4. The van der Waals surface area contributed by atoms with Crippen molar-refractivity contribution in [1.82, 2.24) is 19.7 Å². The Hall–Kier alpha value is -2.81. The predicted octanol–water partition coefficient (Wildman–Crippen LogP) is 4.06. The number of hydrogen-bond donors (Lipinski definition) is 0. The van der Waals surface area contributed by atoms with Crippen molar-refractivity contribution >= 4 is 39.4 Å². The molecule has 0 aromatic carbocycles. The van der Waals surface area contributed by atoms with Crippen molar-refractivity contribution in [2.24, 2.45) is 7.05 Å². The van der Waals surface area contributed by atoms with Crippen molar-refractivity contribution in [2.45, 2.75) is 47.0 Å². The van der Waals surface area contributed by atoms with Crippen LogP contribution in [0, 0.1) is 13.8 Å². The normalized spacial score (nSPS) is 11.1. The number of carbonyl (C=O) groups is 2. The summed E-state index contributed by atoms with van der Waals surface area (Å²) in [5.74, 6) is -0.596. The van der Waals surface area contributed by atoms with Crippen LogP contribution in [0.4, 0.5) is 5.13 Å². The van der Waals surface area contributed by atoms with Crippen LogP contribution in [0.25, 0.3) is 11.0 Å². The van der Waals surface area contributed by atoms with Crippen molar-refractivity contribution < 1.29 is 14.3 Å². The highest BCUT2D eigenvalue weighted by Crippen LogP contribution is 2.29. The number of pyridine rings is 1. The van der Waals surface area contributed by atoms with Gasteiger partial charge in [0, 0.05) is 25.2 Å². The number of hydrogen-bond acceptors (Lipinski definition) is 7. The Bertz CT molecular complexity index is 1070. The van der Waals surface area contributed by atoms with Crippen LogP contribution < -0.4 is 4.90 Å². The Morgan fingerprint density at radius 2 is 1.97 bits per heavy atom. The fourth-order valence-electron chi connectivity index (χ4n) is 3.27. The van der Waals surface area contributed by atoms with E-state index >= 15 is 0 Å². The second-order valence-corrected chi connectivity index (χ2v) is 8.08.